The number of carbonyl (C=O) groups is 1. The molecule has 0 heterocycles. The highest BCUT2D eigenvalue weighted by Crippen LogP contribution is 2.05. The zero-order valence-corrected chi connectivity index (χ0v) is 9.44. The van der Waals surface area contributed by atoms with E-state index in [2.05, 4.69) is 16.2 Å². The minimum atomic E-state index is -0.423. The van der Waals surface area contributed by atoms with Crippen molar-refractivity contribution < 1.29 is 9.53 Å². The van der Waals surface area contributed by atoms with E-state index in [9.17, 15) is 4.79 Å². The summed E-state index contributed by atoms with van der Waals surface area (Å²) in [5, 5.41) is 2.67. The van der Waals surface area contributed by atoms with E-state index >= 15 is 0 Å². The standard InChI is InChI=1S/C9H21N3O2/c1-9(2,3)14-8(13)11-6-5-7-12-10-4/h10,12H,5-7H2,1-4H3,(H,11,13). The SMILES string of the molecule is CNNCCCNC(=O)OC(C)(C)C. The van der Waals surface area contributed by atoms with Crippen LogP contribution in [0.3, 0.4) is 0 Å². The van der Waals surface area contributed by atoms with Gasteiger partial charge in [-0.3, -0.25) is 10.9 Å². The molecule has 0 radical (unpaired) electrons. The largest absolute Gasteiger partial charge is 0.444 e. The highest BCUT2D eigenvalue weighted by molar-refractivity contribution is 5.67. The van der Waals surface area contributed by atoms with Crippen LogP contribution in [-0.2, 0) is 4.74 Å². The van der Waals surface area contributed by atoms with Crippen LogP contribution in [-0.4, -0.2) is 31.8 Å². The van der Waals surface area contributed by atoms with Crippen molar-refractivity contribution in [1.82, 2.24) is 16.2 Å². The molecule has 0 aliphatic rings. The van der Waals surface area contributed by atoms with Gasteiger partial charge in [0.2, 0.25) is 0 Å². The first-order valence-corrected chi connectivity index (χ1v) is 4.82. The highest BCUT2D eigenvalue weighted by Gasteiger charge is 2.15. The van der Waals surface area contributed by atoms with Crippen molar-refractivity contribution in [2.45, 2.75) is 32.8 Å². The topological polar surface area (TPSA) is 62.4 Å². The smallest absolute Gasteiger partial charge is 0.407 e. The van der Waals surface area contributed by atoms with Crippen LogP contribution in [0.25, 0.3) is 0 Å². The van der Waals surface area contributed by atoms with Crippen molar-refractivity contribution in [3.05, 3.63) is 0 Å². The molecule has 0 aromatic heterocycles. The van der Waals surface area contributed by atoms with Crippen molar-refractivity contribution in [3.63, 3.8) is 0 Å². The minimum Gasteiger partial charge on any atom is -0.444 e. The predicted octanol–water partition coefficient (Wildman–Crippen LogP) is 0.625. The second kappa shape index (κ2) is 6.62. The van der Waals surface area contributed by atoms with Gasteiger partial charge in [-0.2, -0.15) is 0 Å². The molecule has 0 saturated carbocycles. The highest BCUT2D eigenvalue weighted by atomic mass is 16.6. The molecule has 5 heteroatoms. The molecule has 1 amide bonds. The van der Waals surface area contributed by atoms with Gasteiger partial charge in [-0.25, -0.2) is 4.79 Å². The molecule has 0 aliphatic heterocycles. The molecule has 0 aromatic carbocycles. The minimum absolute atomic E-state index is 0.359. The lowest BCUT2D eigenvalue weighted by Crippen LogP contribution is -2.35. The Balaban J connectivity index is 3.36. The maximum absolute atomic E-state index is 11.1. The fraction of sp³-hybridized carbons (Fsp3) is 0.889. The molecule has 0 bridgehead atoms. The molecule has 0 aliphatic carbocycles. The third-order valence-electron chi connectivity index (χ3n) is 1.32. The molecule has 0 rings (SSSR count). The average Bonchev–Trinajstić information content (AvgIpc) is 2.00. The molecule has 0 spiro atoms. The molecular weight excluding hydrogens is 182 g/mol. The molecule has 0 aromatic rings. The predicted molar refractivity (Wildman–Crippen MR) is 55.9 cm³/mol. The number of ether oxygens (including phenoxy) is 1. The fourth-order valence-electron chi connectivity index (χ4n) is 0.806. The summed E-state index contributed by atoms with van der Waals surface area (Å²) in [4.78, 5) is 11.1. The Bertz CT molecular complexity index is 166. The van der Waals surface area contributed by atoms with Gasteiger partial charge in [0.25, 0.3) is 0 Å². The lowest BCUT2D eigenvalue weighted by atomic mass is 10.2. The Morgan fingerprint density at radius 1 is 1.29 bits per heavy atom. The Hall–Kier alpha value is -0.810. The summed E-state index contributed by atoms with van der Waals surface area (Å²) in [6.45, 7) is 6.95. The number of rotatable bonds is 5. The van der Waals surface area contributed by atoms with E-state index in [1.807, 2.05) is 20.8 Å². The molecule has 0 saturated heterocycles. The quantitative estimate of drug-likeness (QED) is 0.453. The van der Waals surface area contributed by atoms with Gasteiger partial charge >= 0.3 is 6.09 Å². The van der Waals surface area contributed by atoms with Gasteiger partial charge in [0.05, 0.1) is 0 Å². The molecule has 14 heavy (non-hydrogen) atoms. The van der Waals surface area contributed by atoms with Crippen LogP contribution < -0.4 is 16.2 Å². The third-order valence-corrected chi connectivity index (χ3v) is 1.32. The van der Waals surface area contributed by atoms with E-state index in [-0.39, 0.29) is 6.09 Å². The summed E-state index contributed by atoms with van der Waals surface area (Å²) >= 11 is 0. The Kier molecular flexibility index (Phi) is 6.23. The molecule has 0 atom stereocenters. The average molecular weight is 203 g/mol. The number of hydrazine groups is 1. The summed E-state index contributed by atoms with van der Waals surface area (Å²) in [6, 6.07) is 0. The number of hydrogen-bond acceptors (Lipinski definition) is 4. The lowest BCUT2D eigenvalue weighted by Gasteiger charge is -2.19. The Morgan fingerprint density at radius 3 is 2.43 bits per heavy atom. The van der Waals surface area contributed by atoms with Gasteiger partial charge in [0.1, 0.15) is 5.60 Å². The molecule has 0 unspecified atom stereocenters. The summed E-state index contributed by atoms with van der Waals surface area (Å²) in [6.07, 6.45) is 0.502. The first-order chi connectivity index (χ1) is 6.45. The fourth-order valence-corrected chi connectivity index (χ4v) is 0.806. The van der Waals surface area contributed by atoms with Crippen LogP contribution in [0, 0.1) is 0 Å². The van der Waals surface area contributed by atoms with Gasteiger partial charge in [-0.1, -0.05) is 0 Å². The lowest BCUT2D eigenvalue weighted by molar-refractivity contribution is 0.0527. The maximum atomic E-state index is 11.1. The van der Waals surface area contributed by atoms with Crippen molar-refractivity contribution in [1.29, 1.82) is 0 Å². The summed E-state index contributed by atoms with van der Waals surface area (Å²) in [7, 11) is 1.81. The molecule has 3 N–H and O–H groups in total. The van der Waals surface area contributed by atoms with Crippen molar-refractivity contribution in [3.8, 4) is 0 Å². The summed E-state index contributed by atoms with van der Waals surface area (Å²) in [5.74, 6) is 0. The van der Waals surface area contributed by atoms with Gasteiger partial charge in [-0.15, -0.1) is 0 Å². The molecule has 0 fully saturated rings. The van der Waals surface area contributed by atoms with Crippen molar-refractivity contribution >= 4 is 6.09 Å². The van der Waals surface area contributed by atoms with Crippen molar-refractivity contribution in [2.75, 3.05) is 20.1 Å². The van der Waals surface area contributed by atoms with Crippen molar-refractivity contribution in [2.24, 2.45) is 0 Å². The van der Waals surface area contributed by atoms with E-state index < -0.39 is 5.60 Å². The van der Waals surface area contributed by atoms with Crippen LogP contribution in [0.1, 0.15) is 27.2 Å². The van der Waals surface area contributed by atoms with Crippen LogP contribution in [0.5, 0.6) is 0 Å². The number of alkyl carbamates (subject to hydrolysis) is 1. The molecule has 84 valence electrons. The first-order valence-electron chi connectivity index (χ1n) is 4.82. The second-order valence-electron chi connectivity index (χ2n) is 3.96. The van der Waals surface area contributed by atoms with E-state index in [0.29, 0.717) is 6.54 Å². The monoisotopic (exact) mass is 203 g/mol. The van der Waals surface area contributed by atoms with Crippen LogP contribution in [0.15, 0.2) is 0 Å². The summed E-state index contributed by atoms with van der Waals surface area (Å²) < 4.78 is 5.06. The van der Waals surface area contributed by atoms with Crippen LogP contribution in [0.4, 0.5) is 4.79 Å². The second-order valence-corrected chi connectivity index (χ2v) is 3.96. The number of nitrogens with one attached hydrogen (secondary N) is 3. The summed E-state index contributed by atoms with van der Waals surface area (Å²) in [5.41, 5.74) is 5.30. The normalized spacial score (nSPS) is 11.1. The van der Waals surface area contributed by atoms with E-state index in [1.165, 1.54) is 0 Å². The van der Waals surface area contributed by atoms with Crippen LogP contribution >= 0.6 is 0 Å². The first kappa shape index (κ1) is 13.2. The third kappa shape index (κ3) is 9.28. The zero-order valence-electron chi connectivity index (χ0n) is 9.44. The number of carbonyl (C=O) groups excluding carboxylic acids is 1. The maximum Gasteiger partial charge on any atom is 0.407 e. The van der Waals surface area contributed by atoms with Gasteiger partial charge < -0.3 is 10.1 Å². The van der Waals surface area contributed by atoms with Gasteiger partial charge in [0.15, 0.2) is 0 Å². The zero-order chi connectivity index (χ0) is 11.0. The molecule has 5 nitrogen and oxygen atoms in total. The van der Waals surface area contributed by atoms with E-state index in [4.69, 9.17) is 4.74 Å². The van der Waals surface area contributed by atoms with E-state index in [1.54, 1.807) is 7.05 Å². The number of hydrogen-bond donors (Lipinski definition) is 3. The van der Waals surface area contributed by atoms with E-state index in [0.717, 1.165) is 13.0 Å². The number of amides is 1. The van der Waals surface area contributed by atoms with Crippen LogP contribution in [0.2, 0.25) is 0 Å². The Labute approximate surface area is 85.6 Å². The van der Waals surface area contributed by atoms with Gasteiger partial charge in [0, 0.05) is 13.1 Å². The van der Waals surface area contributed by atoms with Gasteiger partial charge in [-0.05, 0) is 34.2 Å². The molecular formula is C9H21N3O2. The Morgan fingerprint density at radius 2 is 1.93 bits per heavy atom.